The molecule has 11 nitrogen and oxygen atoms in total. The van der Waals surface area contributed by atoms with Crippen LogP contribution in [0.3, 0.4) is 0 Å². The number of ether oxygens (including phenoxy) is 1. The summed E-state index contributed by atoms with van der Waals surface area (Å²) in [5, 5.41) is 4.56. The molecular weight excluding hydrogens is 712 g/mol. The third-order valence-corrected chi connectivity index (χ3v) is 9.47. The molecule has 3 heterocycles. The number of nitrogen functional groups attached to an aromatic ring is 1. The van der Waals surface area contributed by atoms with E-state index in [0.717, 1.165) is 12.1 Å². The second-order valence-corrected chi connectivity index (χ2v) is 14.1. The van der Waals surface area contributed by atoms with Gasteiger partial charge in [0.1, 0.15) is 50.8 Å². The van der Waals surface area contributed by atoms with Gasteiger partial charge in [-0.15, -0.1) is 0 Å². The second kappa shape index (κ2) is 13.2. The van der Waals surface area contributed by atoms with Gasteiger partial charge < -0.3 is 14.9 Å². The highest BCUT2D eigenvalue weighted by atomic mass is 32.2. The summed E-state index contributed by atoms with van der Waals surface area (Å²) in [5.74, 6) is -2.65. The first-order valence-electron chi connectivity index (χ1n) is 16.2. The maximum absolute atomic E-state index is 15.4. The first-order chi connectivity index (χ1) is 25.1. The van der Waals surface area contributed by atoms with Crippen molar-refractivity contribution in [3.8, 4) is 39.5 Å². The van der Waals surface area contributed by atoms with Crippen LogP contribution in [0.4, 0.5) is 19.0 Å². The molecule has 15 heteroatoms. The molecule has 0 spiro atoms. The van der Waals surface area contributed by atoms with E-state index in [1.54, 1.807) is 33.8 Å². The zero-order chi connectivity index (χ0) is 37.9. The van der Waals surface area contributed by atoms with Crippen LogP contribution in [0.25, 0.3) is 55.8 Å². The number of halogens is 3. The Labute approximate surface area is 300 Å². The average molecular weight is 742 g/mol. The van der Waals surface area contributed by atoms with Crippen molar-refractivity contribution < 1.29 is 35.3 Å². The van der Waals surface area contributed by atoms with Crippen LogP contribution < -0.4 is 15.9 Å². The first kappa shape index (κ1) is 35.3. The summed E-state index contributed by atoms with van der Waals surface area (Å²) in [6.45, 7) is 6.79. The minimum absolute atomic E-state index is 0.00513. The number of nitrogens with zero attached hydrogens (tertiary/aromatic N) is 4. The number of benzene rings is 4. The topological polar surface area (TPSA) is 163 Å². The molecule has 7 aromatic rings. The molecule has 4 aromatic carbocycles. The molecular formula is C38H30F3N5O6S. The number of hydrogen-bond acceptors (Lipinski definition) is 9. The summed E-state index contributed by atoms with van der Waals surface area (Å²) in [6, 6.07) is 16.3. The third kappa shape index (κ3) is 6.38. The maximum Gasteiger partial charge on any atom is 0.295 e. The van der Waals surface area contributed by atoms with E-state index >= 15 is 8.78 Å². The highest BCUT2D eigenvalue weighted by molar-refractivity contribution is 7.86. The van der Waals surface area contributed by atoms with E-state index in [9.17, 15) is 22.2 Å². The van der Waals surface area contributed by atoms with Gasteiger partial charge in [-0.25, -0.2) is 27.8 Å². The molecule has 0 bridgehead atoms. The van der Waals surface area contributed by atoms with E-state index in [1.165, 1.54) is 65.3 Å². The predicted octanol–water partition coefficient (Wildman–Crippen LogP) is 7.88. The Morgan fingerprint density at radius 1 is 0.887 bits per heavy atom. The van der Waals surface area contributed by atoms with Gasteiger partial charge in [-0.2, -0.15) is 13.5 Å². The van der Waals surface area contributed by atoms with Gasteiger partial charge >= 0.3 is 0 Å². The van der Waals surface area contributed by atoms with Crippen LogP contribution in [0.15, 0.2) is 93.0 Å². The van der Waals surface area contributed by atoms with Gasteiger partial charge in [0.25, 0.3) is 10.1 Å². The quantitative estimate of drug-likeness (QED) is 0.147. The minimum atomic E-state index is -4.77. The lowest BCUT2D eigenvalue weighted by Gasteiger charge is -2.18. The average Bonchev–Trinajstić information content (AvgIpc) is 3.48. The lowest BCUT2D eigenvalue weighted by Crippen LogP contribution is -2.17. The Hall–Kier alpha value is -6.06. The number of aryl methyl sites for hydroxylation is 1. The lowest BCUT2D eigenvalue weighted by molar-refractivity contribution is 0.231. The van der Waals surface area contributed by atoms with Crippen LogP contribution in [-0.2, 0) is 10.1 Å². The molecule has 1 atom stereocenters. The van der Waals surface area contributed by atoms with Crippen LogP contribution in [-0.4, -0.2) is 38.8 Å². The largest absolute Gasteiger partial charge is 0.488 e. The summed E-state index contributed by atoms with van der Waals surface area (Å²) in [5.41, 5.74) is 6.52. The SMILES string of the molecule is Cc1ccc(S(=O)(=O)O)c(-c2nc(N)c3c(-c4ccc(OC(C)C)c(F)c4)nn(C(C)c4oc5cccc(F)c5c(=O)c4-c4cccc(F)c4)c3n2)c1. The fourth-order valence-electron chi connectivity index (χ4n) is 6.24. The van der Waals surface area contributed by atoms with E-state index in [0.29, 0.717) is 5.56 Å². The molecule has 3 aromatic heterocycles. The van der Waals surface area contributed by atoms with E-state index in [1.807, 2.05) is 0 Å². The van der Waals surface area contributed by atoms with Crippen molar-refractivity contribution in [1.29, 1.82) is 0 Å². The monoisotopic (exact) mass is 741 g/mol. The summed E-state index contributed by atoms with van der Waals surface area (Å²) >= 11 is 0. The molecule has 0 fully saturated rings. The summed E-state index contributed by atoms with van der Waals surface area (Å²) in [7, 11) is -4.77. The number of fused-ring (bicyclic) bond motifs is 2. The van der Waals surface area contributed by atoms with Crippen molar-refractivity contribution in [2.75, 3.05) is 5.73 Å². The Balaban J connectivity index is 1.55. The van der Waals surface area contributed by atoms with Gasteiger partial charge in [0.2, 0.25) is 5.43 Å². The van der Waals surface area contributed by atoms with Crippen molar-refractivity contribution in [2.24, 2.45) is 0 Å². The van der Waals surface area contributed by atoms with Crippen molar-refractivity contribution in [3.05, 3.63) is 118 Å². The Kier molecular flexibility index (Phi) is 8.78. The molecule has 0 aliphatic heterocycles. The predicted molar refractivity (Wildman–Crippen MR) is 193 cm³/mol. The summed E-state index contributed by atoms with van der Waals surface area (Å²) in [4.78, 5) is 22.7. The minimum Gasteiger partial charge on any atom is -0.488 e. The standard InChI is InChI=1S/C38H30F3N5O6S/c1-18(2)51-27-13-12-22(17-26(27)41)33-32-36(42)43-37(24-15-19(3)11-14-29(24)53(48,49)50)44-38(32)46(45-33)20(4)35-30(21-7-5-8-23(39)16-21)34(47)31-25(40)9-6-10-28(31)52-35/h5-18,20H,1-4H3,(H2,42,43,44)(H,48,49,50). The molecule has 7 rings (SSSR count). The summed E-state index contributed by atoms with van der Waals surface area (Å²) in [6.07, 6.45) is -0.315. The van der Waals surface area contributed by atoms with Crippen LogP contribution in [0.2, 0.25) is 0 Å². The molecule has 0 saturated heterocycles. The normalized spacial score (nSPS) is 12.5. The number of anilines is 1. The number of hydrogen-bond donors (Lipinski definition) is 2. The van der Waals surface area contributed by atoms with E-state index < -0.39 is 43.9 Å². The number of nitrogens with two attached hydrogens (primary N) is 1. The molecule has 0 aliphatic rings. The molecule has 270 valence electrons. The zero-order valence-corrected chi connectivity index (χ0v) is 29.4. The van der Waals surface area contributed by atoms with Gasteiger partial charge in [-0.1, -0.05) is 29.8 Å². The van der Waals surface area contributed by atoms with Crippen molar-refractivity contribution in [2.45, 2.75) is 44.7 Å². The van der Waals surface area contributed by atoms with E-state index in [4.69, 9.17) is 20.0 Å². The molecule has 0 radical (unpaired) electrons. The molecule has 0 saturated carbocycles. The molecule has 0 amide bonds. The smallest absolute Gasteiger partial charge is 0.295 e. The van der Waals surface area contributed by atoms with Crippen LogP contribution in [0, 0.1) is 24.4 Å². The highest BCUT2D eigenvalue weighted by Gasteiger charge is 2.30. The second-order valence-electron chi connectivity index (χ2n) is 12.7. The zero-order valence-electron chi connectivity index (χ0n) is 28.6. The Morgan fingerprint density at radius 3 is 2.34 bits per heavy atom. The molecule has 0 aliphatic carbocycles. The number of aromatic nitrogens is 4. The van der Waals surface area contributed by atoms with E-state index in [-0.39, 0.29) is 79.2 Å². The van der Waals surface area contributed by atoms with Gasteiger partial charge in [0, 0.05) is 11.1 Å². The summed E-state index contributed by atoms with van der Waals surface area (Å²) < 4.78 is 93.2. The van der Waals surface area contributed by atoms with E-state index in [2.05, 4.69) is 9.97 Å². The van der Waals surface area contributed by atoms with Gasteiger partial charge in [0.15, 0.2) is 23.0 Å². The van der Waals surface area contributed by atoms with Crippen molar-refractivity contribution >= 4 is 37.9 Å². The fraction of sp³-hybridized carbons (Fsp3) is 0.158. The molecule has 53 heavy (non-hydrogen) atoms. The van der Waals surface area contributed by atoms with Gasteiger partial charge in [-0.05, 0) is 87.9 Å². The van der Waals surface area contributed by atoms with Crippen LogP contribution in [0.1, 0.15) is 38.1 Å². The van der Waals surface area contributed by atoms with Crippen molar-refractivity contribution in [1.82, 2.24) is 19.7 Å². The Morgan fingerprint density at radius 2 is 1.64 bits per heavy atom. The lowest BCUT2D eigenvalue weighted by atomic mass is 9.99. The van der Waals surface area contributed by atoms with Crippen LogP contribution in [0.5, 0.6) is 5.75 Å². The molecule has 1 unspecified atom stereocenters. The van der Waals surface area contributed by atoms with Gasteiger partial charge in [0.05, 0.1) is 17.1 Å². The highest BCUT2D eigenvalue weighted by Crippen LogP contribution is 2.39. The fourth-order valence-corrected chi connectivity index (χ4v) is 6.90. The van der Waals surface area contributed by atoms with Crippen molar-refractivity contribution in [3.63, 3.8) is 0 Å². The third-order valence-electron chi connectivity index (χ3n) is 8.56. The van der Waals surface area contributed by atoms with Crippen LogP contribution >= 0.6 is 0 Å². The van der Waals surface area contributed by atoms with Gasteiger partial charge in [-0.3, -0.25) is 9.35 Å². The Bertz CT molecular complexity index is 2780. The first-order valence-corrected chi connectivity index (χ1v) is 17.7. The number of rotatable bonds is 8. The molecule has 3 N–H and O–H groups in total. The maximum atomic E-state index is 15.4.